The van der Waals surface area contributed by atoms with Crippen molar-refractivity contribution in [3.05, 3.63) is 68.7 Å². The number of halogens is 2. The third-order valence-electron chi connectivity index (χ3n) is 5.26. The van der Waals surface area contributed by atoms with Crippen LogP contribution in [0.3, 0.4) is 0 Å². The van der Waals surface area contributed by atoms with Gasteiger partial charge >= 0.3 is 6.03 Å². The number of nitro benzene ring substituents is 1. The monoisotopic (exact) mass is 491 g/mol. The summed E-state index contributed by atoms with van der Waals surface area (Å²) in [5, 5.41) is 16.1. The molecule has 33 heavy (non-hydrogen) atoms. The van der Waals surface area contributed by atoms with Gasteiger partial charge in [0.05, 0.1) is 36.8 Å². The molecular formula is C21H19Cl2N5O5. The van der Waals surface area contributed by atoms with Gasteiger partial charge in [0.15, 0.2) is 0 Å². The van der Waals surface area contributed by atoms with E-state index in [1.54, 1.807) is 6.07 Å². The van der Waals surface area contributed by atoms with E-state index < -0.39 is 22.8 Å². The second-order valence-corrected chi connectivity index (χ2v) is 7.72. The lowest BCUT2D eigenvalue weighted by molar-refractivity contribution is -0.655. The smallest absolute Gasteiger partial charge is 0.335 e. The third-order valence-corrected chi connectivity index (χ3v) is 5.51. The Hall–Kier alpha value is -3.47. The quantitative estimate of drug-likeness (QED) is 0.227. The highest BCUT2D eigenvalue weighted by molar-refractivity contribution is 6.39. The fourth-order valence-corrected chi connectivity index (χ4v) is 3.81. The van der Waals surface area contributed by atoms with Crippen molar-refractivity contribution in [2.24, 2.45) is 0 Å². The molecule has 2 saturated heterocycles. The molecule has 12 heteroatoms. The van der Waals surface area contributed by atoms with Crippen LogP contribution < -0.4 is 32.8 Å². The van der Waals surface area contributed by atoms with Crippen LogP contribution in [0.1, 0.15) is 5.56 Å². The molecule has 0 spiro atoms. The topological polar surface area (TPSA) is 129 Å². The van der Waals surface area contributed by atoms with Crippen LogP contribution in [0.2, 0.25) is 5.02 Å². The minimum atomic E-state index is -0.884. The lowest BCUT2D eigenvalue weighted by Crippen LogP contribution is -3.00. The molecule has 4 rings (SSSR count). The first kappa shape index (κ1) is 24.2. The number of non-ortho nitro benzene ring substituents is 1. The molecule has 0 unspecified atom stereocenters. The zero-order valence-corrected chi connectivity index (χ0v) is 18.7. The average molecular weight is 492 g/mol. The highest BCUT2D eigenvalue weighted by Crippen LogP contribution is 2.30. The van der Waals surface area contributed by atoms with E-state index in [9.17, 15) is 24.5 Å². The summed E-state index contributed by atoms with van der Waals surface area (Å²) in [6, 6.07) is 9.44. The van der Waals surface area contributed by atoms with E-state index in [4.69, 9.17) is 11.6 Å². The average Bonchev–Trinajstić information content (AvgIpc) is 2.78. The maximum Gasteiger partial charge on any atom is 0.335 e. The summed E-state index contributed by atoms with van der Waals surface area (Å²) in [6.45, 7) is 3.13. The summed E-state index contributed by atoms with van der Waals surface area (Å²) in [5.74, 6) is -1.69. The number of piperazine rings is 1. The van der Waals surface area contributed by atoms with Gasteiger partial charge < -0.3 is 22.6 Å². The normalized spacial score (nSPS) is 17.6. The van der Waals surface area contributed by atoms with E-state index in [-0.39, 0.29) is 29.4 Å². The van der Waals surface area contributed by atoms with Crippen LogP contribution in [0.5, 0.6) is 0 Å². The Balaban J connectivity index is 0.00000306. The number of nitrogens with two attached hydrogens (primary N) is 1. The summed E-state index contributed by atoms with van der Waals surface area (Å²) in [5.41, 5.74) is 0.793. The number of carbonyl (C=O) groups excluding carboxylic acids is 3. The number of imide groups is 2. The molecule has 2 aliphatic rings. The molecule has 2 aromatic rings. The molecule has 0 atom stereocenters. The second-order valence-electron chi connectivity index (χ2n) is 7.29. The van der Waals surface area contributed by atoms with Gasteiger partial charge in [0.25, 0.3) is 17.5 Å². The van der Waals surface area contributed by atoms with Crippen LogP contribution in [-0.4, -0.2) is 48.9 Å². The summed E-state index contributed by atoms with van der Waals surface area (Å²) < 4.78 is 0. The molecule has 2 heterocycles. The van der Waals surface area contributed by atoms with Gasteiger partial charge in [0.1, 0.15) is 5.57 Å². The maximum absolute atomic E-state index is 13.1. The number of anilines is 2. The van der Waals surface area contributed by atoms with Gasteiger partial charge in [0.2, 0.25) is 0 Å². The number of rotatable bonds is 4. The van der Waals surface area contributed by atoms with Gasteiger partial charge in [-0.15, -0.1) is 0 Å². The number of nitrogens with one attached hydrogen (secondary N) is 1. The largest absolute Gasteiger partial charge is 1.00 e. The van der Waals surface area contributed by atoms with Gasteiger partial charge in [-0.25, -0.2) is 9.69 Å². The molecule has 2 aliphatic heterocycles. The fourth-order valence-electron chi connectivity index (χ4n) is 3.69. The van der Waals surface area contributed by atoms with Crippen LogP contribution in [-0.2, 0) is 9.59 Å². The predicted octanol–water partition coefficient (Wildman–Crippen LogP) is -1.70. The predicted molar refractivity (Wildman–Crippen MR) is 117 cm³/mol. The van der Waals surface area contributed by atoms with Crippen LogP contribution in [0.15, 0.2) is 48.0 Å². The van der Waals surface area contributed by atoms with Crippen molar-refractivity contribution < 1.29 is 37.0 Å². The van der Waals surface area contributed by atoms with Gasteiger partial charge in [-0.3, -0.25) is 25.0 Å². The number of nitrogens with zero attached hydrogens (tertiary/aromatic N) is 3. The molecular weight excluding hydrogens is 473 g/mol. The van der Waals surface area contributed by atoms with Crippen LogP contribution in [0.4, 0.5) is 21.9 Å². The maximum atomic E-state index is 13.1. The summed E-state index contributed by atoms with van der Waals surface area (Å²) in [4.78, 5) is 51.7. The number of hydrogen-bond acceptors (Lipinski definition) is 6. The minimum absolute atomic E-state index is 0. The van der Waals surface area contributed by atoms with Crippen LogP contribution in [0, 0.1) is 10.1 Å². The van der Waals surface area contributed by atoms with Gasteiger partial charge in [-0.05, 0) is 36.4 Å². The SMILES string of the molecule is O=C1NC(=O)N(c2ccc(Cl)cc2)C(=O)/C1=C\c1cc([N+](=O)[O-])ccc1N1CC[NH2+]CC1.[Cl-]. The number of hydrogen-bond donors (Lipinski definition) is 2. The second kappa shape index (κ2) is 9.99. The van der Waals surface area contributed by atoms with Crippen LogP contribution in [0.25, 0.3) is 6.08 Å². The number of nitro groups is 1. The highest BCUT2D eigenvalue weighted by Gasteiger charge is 2.37. The minimum Gasteiger partial charge on any atom is -1.00 e. The number of carbonyl (C=O) groups is 3. The Bertz CT molecular complexity index is 1150. The van der Waals surface area contributed by atoms with E-state index in [1.807, 2.05) is 4.90 Å². The molecule has 0 radical (unpaired) electrons. The Kier molecular flexibility index (Phi) is 7.32. The van der Waals surface area contributed by atoms with Crippen molar-refractivity contribution in [3.8, 4) is 0 Å². The molecule has 3 N–H and O–H groups in total. The number of benzene rings is 2. The Morgan fingerprint density at radius 1 is 1.06 bits per heavy atom. The van der Waals surface area contributed by atoms with Crippen molar-refractivity contribution in [3.63, 3.8) is 0 Å². The van der Waals surface area contributed by atoms with E-state index in [1.165, 1.54) is 42.5 Å². The number of urea groups is 1. The molecule has 10 nitrogen and oxygen atoms in total. The van der Waals surface area contributed by atoms with Crippen molar-refractivity contribution >= 4 is 52.6 Å². The Labute approximate surface area is 199 Å². The van der Waals surface area contributed by atoms with E-state index in [0.29, 0.717) is 29.4 Å². The summed E-state index contributed by atoms with van der Waals surface area (Å²) in [7, 11) is 0. The number of quaternary nitrogens is 1. The molecule has 0 bridgehead atoms. The van der Waals surface area contributed by atoms with Crippen molar-refractivity contribution in [2.45, 2.75) is 0 Å². The first-order chi connectivity index (χ1) is 15.3. The van der Waals surface area contributed by atoms with Crippen molar-refractivity contribution in [1.82, 2.24) is 5.32 Å². The van der Waals surface area contributed by atoms with Gasteiger partial charge in [-0.2, -0.15) is 0 Å². The molecule has 2 fully saturated rings. The first-order valence-corrected chi connectivity index (χ1v) is 10.2. The summed E-state index contributed by atoms with van der Waals surface area (Å²) in [6.07, 6.45) is 1.30. The Morgan fingerprint density at radius 3 is 2.36 bits per heavy atom. The standard InChI is InChI=1S/C21H18ClN5O5.ClH/c22-14-1-3-15(4-2-14)26-20(29)17(19(28)24-21(26)30)12-13-11-16(27(31)32)5-6-18(13)25-9-7-23-8-10-25;/h1-6,11-12,23H,7-10H2,(H,24,28,30);1H/b17-12-;. The third kappa shape index (κ3) is 4.98. The van der Waals surface area contributed by atoms with Crippen LogP contribution >= 0.6 is 11.6 Å². The lowest BCUT2D eigenvalue weighted by atomic mass is 10.0. The highest BCUT2D eigenvalue weighted by atomic mass is 35.5. The Morgan fingerprint density at radius 2 is 1.73 bits per heavy atom. The number of barbiturate groups is 1. The van der Waals surface area contributed by atoms with Crippen molar-refractivity contribution in [1.29, 1.82) is 0 Å². The van der Waals surface area contributed by atoms with E-state index >= 15 is 0 Å². The molecule has 4 amide bonds. The summed E-state index contributed by atoms with van der Waals surface area (Å²) >= 11 is 5.88. The molecule has 0 saturated carbocycles. The molecule has 2 aromatic carbocycles. The zero-order valence-electron chi connectivity index (χ0n) is 17.2. The zero-order chi connectivity index (χ0) is 22.8. The molecule has 0 aliphatic carbocycles. The van der Waals surface area contributed by atoms with Gasteiger partial charge in [-0.1, -0.05) is 11.6 Å². The lowest BCUT2D eigenvalue weighted by Gasteiger charge is -2.29. The molecule has 0 aromatic heterocycles. The fraction of sp³-hybridized carbons (Fsp3) is 0.190. The van der Waals surface area contributed by atoms with E-state index in [0.717, 1.165) is 18.0 Å². The molecule has 172 valence electrons. The first-order valence-electron chi connectivity index (χ1n) is 9.87. The number of amides is 4. The van der Waals surface area contributed by atoms with Gasteiger partial charge in [0, 0.05) is 28.4 Å². The van der Waals surface area contributed by atoms with Crippen molar-refractivity contribution in [2.75, 3.05) is 36.0 Å². The van der Waals surface area contributed by atoms with E-state index in [2.05, 4.69) is 10.6 Å².